The SMILES string of the molecule is Cc1nn(C)c(Cl)c1S(=O)(=O)NCC1(c2ccccc2)CCCC1. The van der Waals surface area contributed by atoms with Crippen molar-refractivity contribution in [2.24, 2.45) is 7.05 Å². The third-order valence-corrected chi connectivity index (χ3v) is 7.01. The van der Waals surface area contributed by atoms with Gasteiger partial charge in [-0.15, -0.1) is 0 Å². The van der Waals surface area contributed by atoms with Crippen LogP contribution in [0.4, 0.5) is 0 Å². The Morgan fingerprint density at radius 3 is 2.42 bits per heavy atom. The molecule has 1 aromatic carbocycles. The van der Waals surface area contributed by atoms with Gasteiger partial charge in [-0.05, 0) is 25.3 Å². The molecule has 0 amide bonds. The van der Waals surface area contributed by atoms with Gasteiger partial charge in [0.15, 0.2) is 0 Å². The van der Waals surface area contributed by atoms with Crippen molar-refractivity contribution in [1.29, 1.82) is 0 Å². The van der Waals surface area contributed by atoms with E-state index in [-0.39, 0.29) is 15.5 Å². The number of aromatic nitrogens is 2. The topological polar surface area (TPSA) is 64.0 Å². The Balaban J connectivity index is 1.88. The van der Waals surface area contributed by atoms with Crippen LogP contribution < -0.4 is 4.72 Å². The van der Waals surface area contributed by atoms with Crippen molar-refractivity contribution < 1.29 is 8.42 Å². The molecule has 0 aliphatic heterocycles. The largest absolute Gasteiger partial charge is 0.255 e. The Kier molecular flexibility index (Phi) is 4.73. The summed E-state index contributed by atoms with van der Waals surface area (Å²) in [4.78, 5) is 0.0767. The Bertz CT molecular complexity index is 825. The van der Waals surface area contributed by atoms with E-state index in [9.17, 15) is 8.42 Å². The number of nitrogens with one attached hydrogen (secondary N) is 1. The molecular formula is C17H22ClN3O2S. The minimum atomic E-state index is -3.70. The molecule has 2 aromatic rings. The molecule has 0 unspecified atom stereocenters. The molecule has 1 aromatic heterocycles. The van der Waals surface area contributed by atoms with Crippen LogP contribution in [0.5, 0.6) is 0 Å². The number of aryl methyl sites for hydroxylation is 2. The van der Waals surface area contributed by atoms with Gasteiger partial charge in [-0.25, -0.2) is 13.1 Å². The maximum Gasteiger partial charge on any atom is 0.245 e. The van der Waals surface area contributed by atoms with E-state index < -0.39 is 10.0 Å². The maximum atomic E-state index is 12.8. The Morgan fingerprint density at radius 2 is 1.88 bits per heavy atom. The van der Waals surface area contributed by atoms with Gasteiger partial charge in [0.2, 0.25) is 10.0 Å². The van der Waals surface area contributed by atoms with E-state index in [4.69, 9.17) is 11.6 Å². The lowest BCUT2D eigenvalue weighted by Gasteiger charge is -2.30. The molecule has 0 spiro atoms. The van der Waals surface area contributed by atoms with Crippen molar-refractivity contribution in [3.63, 3.8) is 0 Å². The Labute approximate surface area is 148 Å². The molecule has 1 aliphatic carbocycles. The first-order valence-electron chi connectivity index (χ1n) is 8.10. The number of benzene rings is 1. The first-order chi connectivity index (χ1) is 11.4. The van der Waals surface area contributed by atoms with Crippen LogP contribution in [-0.2, 0) is 22.5 Å². The lowest BCUT2D eigenvalue weighted by Crippen LogP contribution is -2.39. The average Bonchev–Trinajstić information content (AvgIpc) is 3.13. The van der Waals surface area contributed by atoms with E-state index >= 15 is 0 Å². The van der Waals surface area contributed by atoms with Crippen molar-refractivity contribution in [2.45, 2.75) is 42.9 Å². The summed E-state index contributed by atoms with van der Waals surface area (Å²) in [6.45, 7) is 2.03. The summed E-state index contributed by atoms with van der Waals surface area (Å²) in [7, 11) is -2.06. The molecule has 1 fully saturated rings. The molecular weight excluding hydrogens is 346 g/mol. The summed E-state index contributed by atoms with van der Waals surface area (Å²) in [5.74, 6) is 0. The number of halogens is 1. The third kappa shape index (κ3) is 3.10. The Morgan fingerprint density at radius 1 is 1.25 bits per heavy atom. The molecule has 3 rings (SSSR count). The normalized spacial score (nSPS) is 17.3. The van der Waals surface area contributed by atoms with Crippen LogP contribution in [-0.4, -0.2) is 24.7 Å². The van der Waals surface area contributed by atoms with Crippen molar-refractivity contribution in [3.8, 4) is 0 Å². The van der Waals surface area contributed by atoms with E-state index in [1.54, 1.807) is 14.0 Å². The predicted molar refractivity (Wildman–Crippen MR) is 94.7 cm³/mol. The summed E-state index contributed by atoms with van der Waals surface area (Å²) >= 11 is 6.13. The monoisotopic (exact) mass is 367 g/mol. The van der Waals surface area contributed by atoms with Crippen LogP contribution in [0.25, 0.3) is 0 Å². The van der Waals surface area contributed by atoms with Crippen LogP contribution in [0.2, 0.25) is 5.15 Å². The third-order valence-electron chi connectivity index (χ3n) is 4.92. The minimum absolute atomic E-state index is 0.0767. The molecule has 24 heavy (non-hydrogen) atoms. The summed E-state index contributed by atoms with van der Waals surface area (Å²) in [6.07, 6.45) is 4.20. The highest BCUT2D eigenvalue weighted by Gasteiger charge is 2.37. The summed E-state index contributed by atoms with van der Waals surface area (Å²) < 4.78 is 29.7. The zero-order chi connectivity index (χ0) is 17.4. The highest BCUT2D eigenvalue weighted by Crippen LogP contribution is 2.41. The first kappa shape index (κ1) is 17.5. The van der Waals surface area contributed by atoms with Gasteiger partial charge in [0.05, 0.1) is 5.69 Å². The molecule has 130 valence electrons. The fraction of sp³-hybridized carbons (Fsp3) is 0.471. The van der Waals surface area contributed by atoms with E-state index in [0.717, 1.165) is 25.7 Å². The minimum Gasteiger partial charge on any atom is -0.255 e. The van der Waals surface area contributed by atoms with Crippen molar-refractivity contribution in [3.05, 3.63) is 46.7 Å². The second-order valence-electron chi connectivity index (χ2n) is 6.51. The number of sulfonamides is 1. The van der Waals surface area contributed by atoms with Crippen LogP contribution >= 0.6 is 11.6 Å². The van der Waals surface area contributed by atoms with E-state index in [1.165, 1.54) is 10.2 Å². The van der Waals surface area contributed by atoms with E-state index in [1.807, 2.05) is 18.2 Å². The smallest absolute Gasteiger partial charge is 0.245 e. The second kappa shape index (κ2) is 6.50. The van der Waals surface area contributed by atoms with Crippen molar-refractivity contribution in [2.75, 3.05) is 6.54 Å². The van der Waals surface area contributed by atoms with Gasteiger partial charge in [0.1, 0.15) is 10.0 Å². The second-order valence-corrected chi connectivity index (χ2v) is 8.57. The fourth-order valence-electron chi connectivity index (χ4n) is 3.63. The lowest BCUT2D eigenvalue weighted by molar-refractivity contribution is 0.432. The van der Waals surface area contributed by atoms with E-state index in [2.05, 4.69) is 22.0 Å². The van der Waals surface area contributed by atoms with Crippen molar-refractivity contribution in [1.82, 2.24) is 14.5 Å². The van der Waals surface area contributed by atoms with Gasteiger partial charge in [-0.2, -0.15) is 5.10 Å². The molecule has 0 saturated heterocycles. The molecule has 5 nitrogen and oxygen atoms in total. The predicted octanol–water partition coefficient (Wildman–Crippen LogP) is 3.17. The first-order valence-corrected chi connectivity index (χ1v) is 9.96. The molecule has 1 heterocycles. The van der Waals surface area contributed by atoms with Crippen LogP contribution in [0.1, 0.15) is 36.9 Å². The average molecular weight is 368 g/mol. The molecule has 0 radical (unpaired) electrons. The molecule has 0 bridgehead atoms. The maximum absolute atomic E-state index is 12.8. The van der Waals surface area contributed by atoms with Gasteiger partial charge in [0, 0.05) is 19.0 Å². The van der Waals surface area contributed by atoms with Gasteiger partial charge in [0.25, 0.3) is 0 Å². The summed E-state index contributed by atoms with van der Waals surface area (Å²) in [5.41, 5.74) is 1.46. The lowest BCUT2D eigenvalue weighted by atomic mass is 9.79. The fourth-order valence-corrected chi connectivity index (χ4v) is 5.51. The molecule has 1 N–H and O–H groups in total. The molecule has 1 aliphatic rings. The highest BCUT2D eigenvalue weighted by atomic mass is 35.5. The number of rotatable bonds is 5. The van der Waals surface area contributed by atoms with Gasteiger partial charge >= 0.3 is 0 Å². The quantitative estimate of drug-likeness (QED) is 0.882. The molecule has 0 atom stereocenters. The Hall–Kier alpha value is -1.37. The summed E-state index contributed by atoms with van der Waals surface area (Å²) in [6, 6.07) is 10.2. The van der Waals surface area contributed by atoms with Crippen LogP contribution in [0, 0.1) is 6.92 Å². The van der Waals surface area contributed by atoms with Gasteiger partial charge < -0.3 is 0 Å². The molecule has 1 saturated carbocycles. The number of hydrogen-bond donors (Lipinski definition) is 1. The number of hydrogen-bond acceptors (Lipinski definition) is 3. The van der Waals surface area contributed by atoms with Gasteiger partial charge in [-0.1, -0.05) is 54.8 Å². The van der Waals surface area contributed by atoms with Crippen LogP contribution in [0.3, 0.4) is 0 Å². The number of nitrogens with zero attached hydrogens (tertiary/aromatic N) is 2. The molecule has 7 heteroatoms. The summed E-state index contributed by atoms with van der Waals surface area (Å²) in [5, 5.41) is 4.24. The standard InChI is InChI=1S/C17H22ClN3O2S/c1-13-15(16(18)21(2)20-13)24(22,23)19-12-17(10-6-7-11-17)14-8-4-3-5-9-14/h3-5,8-9,19H,6-7,10-12H2,1-2H3. The zero-order valence-corrected chi connectivity index (χ0v) is 15.5. The van der Waals surface area contributed by atoms with Crippen molar-refractivity contribution >= 4 is 21.6 Å². The van der Waals surface area contributed by atoms with Gasteiger partial charge in [-0.3, -0.25) is 4.68 Å². The van der Waals surface area contributed by atoms with Crippen LogP contribution in [0.15, 0.2) is 35.2 Å². The highest BCUT2D eigenvalue weighted by molar-refractivity contribution is 7.89. The zero-order valence-electron chi connectivity index (χ0n) is 13.9. The van der Waals surface area contributed by atoms with E-state index in [0.29, 0.717) is 12.2 Å².